The molecular weight excluding hydrogens is 310 g/mol. The maximum absolute atomic E-state index is 11.7. The molecule has 1 amide bonds. The highest BCUT2D eigenvalue weighted by Gasteiger charge is 2.04. The molecule has 0 saturated heterocycles. The first-order chi connectivity index (χ1) is 9.06. The largest absolute Gasteiger partial charge is 0.496 e. The van der Waals surface area contributed by atoms with Crippen LogP contribution in [-0.2, 0) is 4.79 Å². The molecular formula is C14H18BrNO3. The van der Waals surface area contributed by atoms with E-state index in [1.807, 2.05) is 25.1 Å². The fraction of sp³-hybridized carbons (Fsp3) is 0.357. The van der Waals surface area contributed by atoms with E-state index < -0.39 is 0 Å². The smallest absolute Gasteiger partial charge is 0.244 e. The van der Waals surface area contributed by atoms with E-state index in [9.17, 15) is 4.79 Å². The molecule has 4 nitrogen and oxygen atoms in total. The third-order valence-electron chi connectivity index (χ3n) is 2.56. The van der Waals surface area contributed by atoms with E-state index in [1.165, 1.54) is 6.08 Å². The number of amides is 1. The van der Waals surface area contributed by atoms with Crippen molar-refractivity contribution in [1.29, 1.82) is 0 Å². The summed E-state index contributed by atoms with van der Waals surface area (Å²) in [4.78, 5) is 11.7. The van der Waals surface area contributed by atoms with Gasteiger partial charge in [-0.3, -0.25) is 4.79 Å². The van der Waals surface area contributed by atoms with Crippen LogP contribution in [0.2, 0.25) is 0 Å². The second kappa shape index (κ2) is 7.96. The highest BCUT2D eigenvalue weighted by atomic mass is 79.9. The quantitative estimate of drug-likeness (QED) is 0.788. The Kier molecular flexibility index (Phi) is 6.59. The van der Waals surface area contributed by atoms with E-state index in [0.29, 0.717) is 12.2 Å². The Balaban J connectivity index is 2.70. The van der Waals surface area contributed by atoms with Gasteiger partial charge in [-0.25, -0.2) is 0 Å². The number of nitrogens with one attached hydrogen (secondary N) is 1. The monoisotopic (exact) mass is 327 g/mol. The summed E-state index contributed by atoms with van der Waals surface area (Å²) in [7, 11) is 1.59. The number of carbonyl (C=O) groups excluding carboxylic acids is 1. The number of hydrogen-bond donors (Lipinski definition) is 2. The van der Waals surface area contributed by atoms with Gasteiger partial charge in [-0.1, -0.05) is 15.9 Å². The molecule has 1 aromatic rings. The van der Waals surface area contributed by atoms with Gasteiger partial charge in [0.05, 0.1) is 7.11 Å². The van der Waals surface area contributed by atoms with Gasteiger partial charge in [0.1, 0.15) is 5.75 Å². The van der Waals surface area contributed by atoms with Gasteiger partial charge in [0.2, 0.25) is 5.91 Å². The van der Waals surface area contributed by atoms with Crippen LogP contribution in [0.15, 0.2) is 28.7 Å². The lowest BCUT2D eigenvalue weighted by molar-refractivity contribution is -0.117. The van der Waals surface area contributed by atoms with Gasteiger partial charge in [-0.2, -0.15) is 0 Å². The summed E-state index contributed by atoms with van der Waals surface area (Å²) in [6.07, 6.45) is 3.70. The topological polar surface area (TPSA) is 58.6 Å². The minimum atomic E-state index is -0.192. The Hall–Kier alpha value is -1.33. The summed E-state index contributed by atoms with van der Waals surface area (Å²) in [6.45, 7) is 1.91. The van der Waals surface area contributed by atoms with Crippen LogP contribution < -0.4 is 10.1 Å². The second-order valence-corrected chi connectivity index (χ2v) is 5.06. The van der Waals surface area contributed by atoms with Crippen molar-refractivity contribution in [2.75, 3.05) is 13.7 Å². The zero-order valence-electron chi connectivity index (χ0n) is 11.0. The molecule has 0 unspecified atom stereocenters. The summed E-state index contributed by atoms with van der Waals surface area (Å²) in [5, 5.41) is 11.5. The van der Waals surface area contributed by atoms with Crippen LogP contribution in [0.4, 0.5) is 0 Å². The molecule has 0 aliphatic carbocycles. The second-order valence-electron chi connectivity index (χ2n) is 4.14. The van der Waals surface area contributed by atoms with Crippen molar-refractivity contribution in [3.05, 3.63) is 34.3 Å². The predicted octanol–water partition coefficient (Wildman–Crippen LogP) is 2.36. The van der Waals surface area contributed by atoms with Crippen LogP contribution in [-0.4, -0.2) is 30.8 Å². The lowest BCUT2D eigenvalue weighted by atomic mass is 10.2. The summed E-state index contributed by atoms with van der Waals surface area (Å²) in [6, 6.07) is 5.53. The molecule has 2 N–H and O–H groups in total. The molecule has 104 valence electrons. The van der Waals surface area contributed by atoms with Crippen molar-refractivity contribution in [1.82, 2.24) is 5.32 Å². The summed E-state index contributed by atoms with van der Waals surface area (Å²) >= 11 is 3.38. The number of ether oxygens (including phenoxy) is 1. The molecule has 1 aromatic carbocycles. The number of rotatable bonds is 6. The van der Waals surface area contributed by atoms with E-state index in [2.05, 4.69) is 21.2 Å². The molecule has 0 spiro atoms. The van der Waals surface area contributed by atoms with Crippen molar-refractivity contribution in [3.8, 4) is 5.75 Å². The van der Waals surface area contributed by atoms with E-state index in [1.54, 1.807) is 13.2 Å². The first kappa shape index (κ1) is 15.7. The van der Waals surface area contributed by atoms with Gasteiger partial charge in [0, 0.05) is 28.8 Å². The van der Waals surface area contributed by atoms with Gasteiger partial charge in [0.25, 0.3) is 0 Å². The lowest BCUT2D eigenvalue weighted by Crippen LogP contribution is -2.31. The van der Waals surface area contributed by atoms with Crippen LogP contribution in [0.1, 0.15) is 18.9 Å². The van der Waals surface area contributed by atoms with Gasteiger partial charge in [-0.05, 0) is 37.6 Å². The highest BCUT2D eigenvalue weighted by Crippen LogP contribution is 2.23. The first-order valence-electron chi connectivity index (χ1n) is 5.99. The Morgan fingerprint density at radius 2 is 2.32 bits per heavy atom. The minimum absolute atomic E-state index is 0.0495. The summed E-state index contributed by atoms with van der Waals surface area (Å²) in [5.74, 6) is 0.513. The molecule has 19 heavy (non-hydrogen) atoms. The van der Waals surface area contributed by atoms with Crippen molar-refractivity contribution < 1.29 is 14.6 Å². The number of methoxy groups -OCH3 is 1. The molecule has 0 saturated carbocycles. The van der Waals surface area contributed by atoms with Crippen molar-refractivity contribution in [2.24, 2.45) is 0 Å². The number of hydrogen-bond acceptors (Lipinski definition) is 3. The maximum Gasteiger partial charge on any atom is 0.244 e. The Morgan fingerprint density at radius 3 is 2.95 bits per heavy atom. The van der Waals surface area contributed by atoms with E-state index in [4.69, 9.17) is 9.84 Å². The number of benzene rings is 1. The molecule has 1 rings (SSSR count). The molecule has 0 aliphatic rings. The molecule has 0 fully saturated rings. The molecule has 0 aliphatic heterocycles. The van der Waals surface area contributed by atoms with E-state index in [0.717, 1.165) is 10.0 Å². The predicted molar refractivity (Wildman–Crippen MR) is 79.0 cm³/mol. The van der Waals surface area contributed by atoms with Gasteiger partial charge in [0.15, 0.2) is 0 Å². The number of aliphatic hydroxyl groups excluding tert-OH is 1. The molecule has 0 aromatic heterocycles. The van der Waals surface area contributed by atoms with Crippen molar-refractivity contribution in [2.45, 2.75) is 19.4 Å². The van der Waals surface area contributed by atoms with Crippen LogP contribution in [0.3, 0.4) is 0 Å². The third kappa shape index (κ3) is 5.44. The maximum atomic E-state index is 11.7. The fourth-order valence-electron chi connectivity index (χ4n) is 1.56. The molecule has 1 atom stereocenters. The Bertz CT molecular complexity index is 460. The standard InChI is InChI=1S/C14H18BrNO3/c1-10(7-8-17)16-14(18)6-3-11-9-12(15)4-5-13(11)19-2/h3-6,9-10,17H,7-8H2,1-2H3,(H,16,18)/b6-3+/t10-/m1/s1. The average molecular weight is 328 g/mol. The number of halogens is 1. The Morgan fingerprint density at radius 1 is 1.58 bits per heavy atom. The van der Waals surface area contributed by atoms with Gasteiger partial charge in [-0.15, -0.1) is 0 Å². The molecule has 0 heterocycles. The SMILES string of the molecule is COc1ccc(Br)cc1/C=C/C(=O)N[C@H](C)CCO. The zero-order chi connectivity index (χ0) is 14.3. The van der Waals surface area contributed by atoms with Crippen LogP contribution in [0, 0.1) is 0 Å². The van der Waals surface area contributed by atoms with Crippen LogP contribution in [0.5, 0.6) is 5.75 Å². The summed E-state index contributed by atoms with van der Waals surface area (Å²) < 4.78 is 6.13. The molecule has 5 heteroatoms. The van der Waals surface area contributed by atoms with Crippen LogP contribution >= 0.6 is 15.9 Å². The third-order valence-corrected chi connectivity index (χ3v) is 3.05. The molecule has 0 bridgehead atoms. The lowest BCUT2D eigenvalue weighted by Gasteiger charge is -2.10. The Labute approximate surface area is 121 Å². The van der Waals surface area contributed by atoms with Crippen molar-refractivity contribution in [3.63, 3.8) is 0 Å². The minimum Gasteiger partial charge on any atom is -0.496 e. The zero-order valence-corrected chi connectivity index (χ0v) is 12.6. The van der Waals surface area contributed by atoms with E-state index >= 15 is 0 Å². The highest BCUT2D eigenvalue weighted by molar-refractivity contribution is 9.10. The fourth-order valence-corrected chi connectivity index (χ4v) is 1.94. The first-order valence-corrected chi connectivity index (χ1v) is 6.79. The normalized spacial score (nSPS) is 12.4. The van der Waals surface area contributed by atoms with E-state index in [-0.39, 0.29) is 18.6 Å². The van der Waals surface area contributed by atoms with Crippen molar-refractivity contribution >= 4 is 27.9 Å². The number of carbonyl (C=O) groups is 1. The number of aliphatic hydroxyl groups is 1. The van der Waals surface area contributed by atoms with Gasteiger partial charge < -0.3 is 15.2 Å². The summed E-state index contributed by atoms with van der Waals surface area (Å²) in [5.41, 5.74) is 0.821. The average Bonchev–Trinajstić information content (AvgIpc) is 2.36. The van der Waals surface area contributed by atoms with Crippen LogP contribution in [0.25, 0.3) is 6.08 Å². The van der Waals surface area contributed by atoms with Gasteiger partial charge >= 0.3 is 0 Å². The molecule has 0 radical (unpaired) electrons.